The lowest BCUT2D eigenvalue weighted by Crippen LogP contribution is -2.50. The predicted octanol–water partition coefficient (Wildman–Crippen LogP) is 3.88. The van der Waals surface area contributed by atoms with E-state index in [0.29, 0.717) is 16.7 Å². The number of primary amides is 1. The molecule has 3 aromatic rings. The van der Waals surface area contributed by atoms with Crippen LogP contribution < -0.4 is 16.8 Å². The molecule has 3 atom stereocenters. The Morgan fingerprint density at radius 1 is 0.825 bits per heavy atom. The van der Waals surface area contributed by atoms with Crippen molar-refractivity contribution < 1.29 is 32.7 Å². The number of carbonyl (C=O) groups is 4. The second-order valence-corrected chi connectivity index (χ2v) is 9.36. The molecule has 8 nitrogen and oxygen atoms in total. The van der Waals surface area contributed by atoms with Gasteiger partial charge in [0, 0.05) is 12.5 Å². The van der Waals surface area contributed by atoms with Crippen LogP contribution in [-0.2, 0) is 32.1 Å². The van der Waals surface area contributed by atoms with Crippen molar-refractivity contribution in [1.82, 2.24) is 5.32 Å². The highest BCUT2D eigenvalue weighted by atomic mass is 19.3. The maximum absolute atomic E-state index is 15.4. The van der Waals surface area contributed by atoms with Gasteiger partial charge in [0.25, 0.3) is 0 Å². The topological polar surface area (TPSA) is 142 Å². The SMILES string of the molecule is NC(=O)C[C@H](NC(=O)OCc1ccccc1)C(=O)C(Cc1ccccc1)C(=O)C(F)(F)CC(N)c1ccccc1. The summed E-state index contributed by atoms with van der Waals surface area (Å²) in [4.78, 5) is 51.1. The molecule has 0 aromatic heterocycles. The Kier molecular flexibility index (Phi) is 10.6. The molecule has 10 heteroatoms. The van der Waals surface area contributed by atoms with Crippen LogP contribution in [0.5, 0.6) is 0 Å². The number of ether oxygens (including phenoxy) is 1. The Labute approximate surface area is 230 Å². The van der Waals surface area contributed by atoms with Gasteiger partial charge in [0.15, 0.2) is 5.78 Å². The maximum Gasteiger partial charge on any atom is 0.408 e. The minimum atomic E-state index is -3.99. The third-order valence-corrected chi connectivity index (χ3v) is 6.26. The second kappa shape index (κ2) is 14.1. The molecule has 0 fully saturated rings. The van der Waals surface area contributed by atoms with Gasteiger partial charge in [-0.3, -0.25) is 14.4 Å². The summed E-state index contributed by atoms with van der Waals surface area (Å²) in [6, 6.07) is 22.0. The van der Waals surface area contributed by atoms with E-state index in [-0.39, 0.29) is 13.0 Å². The molecule has 2 amide bonds. The van der Waals surface area contributed by atoms with Crippen molar-refractivity contribution in [2.45, 2.75) is 43.9 Å². The van der Waals surface area contributed by atoms with Crippen LogP contribution in [0.2, 0.25) is 0 Å². The quantitative estimate of drug-likeness (QED) is 0.260. The molecule has 210 valence electrons. The first-order valence-electron chi connectivity index (χ1n) is 12.6. The largest absolute Gasteiger partial charge is 0.445 e. The van der Waals surface area contributed by atoms with Gasteiger partial charge in [-0.2, -0.15) is 8.78 Å². The molecule has 0 radical (unpaired) electrons. The third kappa shape index (κ3) is 8.81. The molecule has 0 saturated heterocycles. The van der Waals surface area contributed by atoms with Gasteiger partial charge in [0.2, 0.25) is 11.7 Å². The zero-order chi connectivity index (χ0) is 29.1. The van der Waals surface area contributed by atoms with Crippen LogP contribution in [-0.4, -0.2) is 35.5 Å². The fourth-order valence-electron chi connectivity index (χ4n) is 4.20. The molecule has 5 N–H and O–H groups in total. The number of hydrogen-bond acceptors (Lipinski definition) is 6. The number of nitrogens with two attached hydrogens (primary N) is 2. The van der Waals surface area contributed by atoms with Crippen LogP contribution in [0.15, 0.2) is 91.0 Å². The van der Waals surface area contributed by atoms with E-state index in [1.807, 2.05) is 0 Å². The van der Waals surface area contributed by atoms with Crippen LogP contribution in [0.1, 0.15) is 35.6 Å². The van der Waals surface area contributed by atoms with Crippen molar-refractivity contribution in [2.24, 2.45) is 17.4 Å². The molecular formula is C30H31F2N3O5. The third-order valence-electron chi connectivity index (χ3n) is 6.26. The molecule has 0 bridgehead atoms. The number of amides is 2. The Hall–Kier alpha value is -4.44. The highest BCUT2D eigenvalue weighted by Gasteiger charge is 2.48. The van der Waals surface area contributed by atoms with Gasteiger partial charge in [-0.15, -0.1) is 0 Å². The molecule has 0 heterocycles. The van der Waals surface area contributed by atoms with Gasteiger partial charge in [0.1, 0.15) is 12.6 Å². The number of rotatable bonds is 14. The van der Waals surface area contributed by atoms with Gasteiger partial charge >= 0.3 is 12.0 Å². The summed E-state index contributed by atoms with van der Waals surface area (Å²) in [5, 5.41) is 2.22. The predicted molar refractivity (Wildman–Crippen MR) is 144 cm³/mol. The van der Waals surface area contributed by atoms with E-state index in [1.165, 1.54) is 0 Å². The lowest BCUT2D eigenvalue weighted by Gasteiger charge is -2.26. The number of benzene rings is 3. The minimum absolute atomic E-state index is 0.147. The zero-order valence-corrected chi connectivity index (χ0v) is 21.7. The first-order valence-corrected chi connectivity index (χ1v) is 12.6. The number of nitrogens with one attached hydrogen (secondary N) is 1. The standard InChI is InChI=1S/C30H31F2N3O5/c31-30(32,18-24(33)22-14-8-3-9-15-22)28(38)23(16-20-10-4-1-5-11-20)27(37)25(17-26(34)36)35-29(39)40-19-21-12-6-2-7-13-21/h1-15,23-25H,16-19,33H2,(H2,34,36)(H,35,39)/t23?,24?,25-/m0/s1. The molecular weight excluding hydrogens is 520 g/mol. The van der Waals surface area contributed by atoms with Crippen LogP contribution >= 0.6 is 0 Å². The van der Waals surface area contributed by atoms with Crippen molar-refractivity contribution in [3.63, 3.8) is 0 Å². The Morgan fingerprint density at radius 3 is 1.90 bits per heavy atom. The molecule has 0 aliphatic rings. The first kappa shape index (κ1) is 30.1. The smallest absolute Gasteiger partial charge is 0.408 e. The average molecular weight is 552 g/mol. The van der Waals surface area contributed by atoms with Crippen LogP contribution in [0.25, 0.3) is 0 Å². The van der Waals surface area contributed by atoms with Crippen molar-refractivity contribution in [1.29, 1.82) is 0 Å². The number of halogens is 2. The highest BCUT2D eigenvalue weighted by molar-refractivity contribution is 6.09. The molecule has 3 rings (SSSR count). The van der Waals surface area contributed by atoms with Crippen LogP contribution in [0.3, 0.4) is 0 Å². The molecule has 0 aliphatic heterocycles. The van der Waals surface area contributed by atoms with Gasteiger partial charge in [-0.1, -0.05) is 91.0 Å². The van der Waals surface area contributed by atoms with E-state index in [4.69, 9.17) is 16.2 Å². The van der Waals surface area contributed by atoms with E-state index in [1.54, 1.807) is 91.0 Å². The lowest BCUT2D eigenvalue weighted by molar-refractivity contribution is -0.153. The summed E-state index contributed by atoms with van der Waals surface area (Å²) < 4.78 is 35.9. The summed E-state index contributed by atoms with van der Waals surface area (Å²) in [7, 11) is 0. The Morgan fingerprint density at radius 2 is 1.35 bits per heavy atom. The van der Waals surface area contributed by atoms with E-state index in [9.17, 15) is 19.2 Å². The summed E-state index contributed by atoms with van der Waals surface area (Å²) in [5.41, 5.74) is 12.7. The summed E-state index contributed by atoms with van der Waals surface area (Å²) in [6.07, 6.45) is -3.22. The lowest BCUT2D eigenvalue weighted by atomic mass is 9.83. The number of carbonyl (C=O) groups excluding carboxylic acids is 4. The normalized spacial score (nSPS) is 13.5. The number of Topliss-reactive ketones (excluding diaryl/α,β-unsaturated/α-hetero) is 2. The molecule has 0 spiro atoms. The van der Waals surface area contributed by atoms with Crippen LogP contribution in [0.4, 0.5) is 13.6 Å². The van der Waals surface area contributed by atoms with Crippen molar-refractivity contribution in [3.05, 3.63) is 108 Å². The Bertz CT molecular complexity index is 1290. The summed E-state index contributed by atoms with van der Waals surface area (Å²) in [5.74, 6) is -9.63. The monoisotopic (exact) mass is 551 g/mol. The Balaban J connectivity index is 1.83. The maximum atomic E-state index is 15.4. The summed E-state index contributed by atoms with van der Waals surface area (Å²) in [6.45, 7) is -0.147. The van der Waals surface area contributed by atoms with Crippen molar-refractivity contribution in [2.75, 3.05) is 0 Å². The average Bonchev–Trinajstić information content (AvgIpc) is 2.95. The molecule has 2 unspecified atom stereocenters. The second-order valence-electron chi connectivity index (χ2n) is 9.36. The minimum Gasteiger partial charge on any atom is -0.445 e. The molecule has 0 saturated carbocycles. The summed E-state index contributed by atoms with van der Waals surface area (Å²) >= 11 is 0. The number of alkyl carbamates (subject to hydrolysis) is 1. The van der Waals surface area contributed by atoms with Crippen molar-refractivity contribution in [3.8, 4) is 0 Å². The number of alkyl halides is 2. The number of hydrogen-bond donors (Lipinski definition) is 3. The van der Waals surface area contributed by atoms with Gasteiger partial charge in [-0.25, -0.2) is 4.79 Å². The highest BCUT2D eigenvalue weighted by Crippen LogP contribution is 2.32. The molecule has 40 heavy (non-hydrogen) atoms. The van der Waals surface area contributed by atoms with Crippen molar-refractivity contribution >= 4 is 23.6 Å². The fraction of sp³-hybridized carbons (Fsp3) is 0.267. The van der Waals surface area contributed by atoms with Gasteiger partial charge in [0.05, 0.1) is 12.3 Å². The van der Waals surface area contributed by atoms with E-state index < -0.39 is 60.3 Å². The van der Waals surface area contributed by atoms with E-state index >= 15 is 8.78 Å². The van der Waals surface area contributed by atoms with Crippen LogP contribution in [0, 0.1) is 5.92 Å². The van der Waals surface area contributed by atoms with E-state index in [2.05, 4.69) is 5.32 Å². The fourth-order valence-corrected chi connectivity index (χ4v) is 4.20. The van der Waals surface area contributed by atoms with E-state index in [0.717, 1.165) is 0 Å². The zero-order valence-electron chi connectivity index (χ0n) is 21.7. The first-order chi connectivity index (χ1) is 19.1. The van der Waals surface area contributed by atoms with Gasteiger partial charge < -0.3 is 21.5 Å². The van der Waals surface area contributed by atoms with Gasteiger partial charge in [-0.05, 0) is 23.1 Å². The number of ketones is 2. The molecule has 0 aliphatic carbocycles. The molecule has 3 aromatic carbocycles.